The molecule has 3 nitrogen and oxygen atoms in total. The molecule has 0 saturated carbocycles. The molecule has 0 rings (SSSR count). The zero-order valence-electron chi connectivity index (χ0n) is 6.05. The minimum absolute atomic E-state index is 0.693. The quantitative estimate of drug-likeness (QED) is 0.558. The molecule has 0 radical (unpaired) electrons. The van der Waals surface area contributed by atoms with Crippen molar-refractivity contribution in [1.82, 2.24) is 5.06 Å². The van der Waals surface area contributed by atoms with Crippen LogP contribution in [-0.4, -0.2) is 25.8 Å². The van der Waals surface area contributed by atoms with Crippen LogP contribution in [0.3, 0.4) is 0 Å². The number of hydroxylamine groups is 2. The van der Waals surface area contributed by atoms with Crippen molar-refractivity contribution >= 4 is 0 Å². The molecule has 9 heavy (non-hydrogen) atoms. The summed E-state index contributed by atoms with van der Waals surface area (Å²) in [7, 11) is 3.47. The van der Waals surface area contributed by atoms with E-state index in [0.717, 1.165) is 13.0 Å². The Morgan fingerprint density at radius 3 is 2.67 bits per heavy atom. The minimum Gasteiger partial charge on any atom is -0.402 e. The molecule has 0 heterocycles. The molecular formula is C6H14N2O. The van der Waals surface area contributed by atoms with Crippen LogP contribution in [0.15, 0.2) is 12.3 Å². The normalized spacial score (nSPS) is 10.1. The molecule has 0 atom stereocenters. The van der Waals surface area contributed by atoms with Crippen LogP contribution in [0.25, 0.3) is 0 Å². The third-order valence-electron chi connectivity index (χ3n) is 1.06. The summed E-state index contributed by atoms with van der Waals surface area (Å²) in [5.74, 6) is 0. The van der Waals surface area contributed by atoms with Crippen LogP contribution in [0.2, 0.25) is 0 Å². The Hall–Kier alpha value is -0.540. The lowest BCUT2D eigenvalue weighted by atomic mass is 10.3. The first kappa shape index (κ1) is 8.46. The van der Waals surface area contributed by atoms with Crippen molar-refractivity contribution in [3.63, 3.8) is 0 Å². The number of nitrogens with zero attached hydrogens (tertiary/aromatic N) is 1. The molecule has 0 aliphatic carbocycles. The van der Waals surface area contributed by atoms with Gasteiger partial charge < -0.3 is 10.6 Å². The van der Waals surface area contributed by atoms with Crippen LogP contribution < -0.4 is 5.73 Å². The van der Waals surface area contributed by atoms with Crippen LogP contribution in [0.4, 0.5) is 0 Å². The second kappa shape index (κ2) is 4.35. The molecule has 0 saturated heterocycles. The van der Waals surface area contributed by atoms with E-state index in [4.69, 9.17) is 10.6 Å². The van der Waals surface area contributed by atoms with E-state index in [1.165, 1.54) is 0 Å². The molecule has 0 unspecified atom stereocenters. The Kier molecular flexibility index (Phi) is 4.09. The number of hydrogen-bond acceptors (Lipinski definition) is 3. The second-order valence-corrected chi connectivity index (χ2v) is 1.94. The number of hydrogen-bond donors (Lipinski definition) is 1. The number of rotatable bonds is 4. The molecule has 0 bridgehead atoms. The largest absolute Gasteiger partial charge is 0.402 e. The summed E-state index contributed by atoms with van der Waals surface area (Å²) in [6, 6.07) is 0. The average Bonchev–Trinajstić information content (AvgIpc) is 1.83. The fraction of sp³-hybridized carbons (Fsp3) is 0.667. The van der Waals surface area contributed by atoms with E-state index >= 15 is 0 Å². The van der Waals surface area contributed by atoms with E-state index in [0.29, 0.717) is 5.70 Å². The summed E-state index contributed by atoms with van der Waals surface area (Å²) in [6.45, 7) is 4.35. The summed E-state index contributed by atoms with van der Waals surface area (Å²) in [5, 5.41) is 1.71. The molecule has 0 fully saturated rings. The lowest BCUT2D eigenvalue weighted by Gasteiger charge is -2.11. The Bertz CT molecular complexity index is 93.1. The topological polar surface area (TPSA) is 38.5 Å². The van der Waals surface area contributed by atoms with Gasteiger partial charge in [-0.25, -0.2) is 0 Å². The van der Waals surface area contributed by atoms with Gasteiger partial charge in [0.2, 0.25) is 0 Å². The third kappa shape index (κ3) is 5.33. The highest BCUT2D eigenvalue weighted by Crippen LogP contribution is 1.90. The molecule has 0 aromatic heterocycles. The van der Waals surface area contributed by atoms with Gasteiger partial charge >= 0.3 is 0 Å². The van der Waals surface area contributed by atoms with Gasteiger partial charge in [0, 0.05) is 25.7 Å². The molecule has 54 valence electrons. The Labute approximate surface area is 56.0 Å². The van der Waals surface area contributed by atoms with E-state index in [1.807, 2.05) is 7.05 Å². The number of nitrogens with two attached hydrogens (primary N) is 1. The van der Waals surface area contributed by atoms with Crippen molar-refractivity contribution < 1.29 is 4.84 Å². The van der Waals surface area contributed by atoms with Crippen LogP contribution in [0, 0.1) is 0 Å². The summed E-state index contributed by atoms with van der Waals surface area (Å²) >= 11 is 0. The predicted molar refractivity (Wildman–Crippen MR) is 37.6 cm³/mol. The zero-order chi connectivity index (χ0) is 7.28. The molecule has 0 spiro atoms. The highest BCUT2D eigenvalue weighted by molar-refractivity contribution is 4.85. The molecule has 3 heteroatoms. The average molecular weight is 130 g/mol. The molecule has 0 aliphatic rings. The molecule has 0 aromatic rings. The first-order valence-corrected chi connectivity index (χ1v) is 2.85. The van der Waals surface area contributed by atoms with Crippen LogP contribution >= 0.6 is 0 Å². The first-order chi connectivity index (χ1) is 4.16. The summed E-state index contributed by atoms with van der Waals surface area (Å²) in [4.78, 5) is 4.84. The van der Waals surface area contributed by atoms with E-state index in [2.05, 4.69) is 6.58 Å². The Balaban J connectivity index is 3.16. The fourth-order valence-corrected chi connectivity index (χ4v) is 0.392. The molecular weight excluding hydrogens is 116 g/mol. The fourth-order valence-electron chi connectivity index (χ4n) is 0.392. The van der Waals surface area contributed by atoms with E-state index < -0.39 is 0 Å². The standard InChI is InChI=1S/C6H14N2O/c1-6(7)4-5-8(2)9-3/h1,4-5,7H2,2-3H3. The minimum atomic E-state index is 0.693. The van der Waals surface area contributed by atoms with E-state index in [1.54, 1.807) is 12.2 Å². The van der Waals surface area contributed by atoms with Gasteiger partial charge in [0.15, 0.2) is 0 Å². The van der Waals surface area contributed by atoms with Crippen LogP contribution in [0.5, 0.6) is 0 Å². The Morgan fingerprint density at radius 2 is 2.33 bits per heavy atom. The van der Waals surface area contributed by atoms with Gasteiger partial charge in [0.05, 0.1) is 7.11 Å². The second-order valence-electron chi connectivity index (χ2n) is 1.94. The van der Waals surface area contributed by atoms with Gasteiger partial charge in [-0.3, -0.25) is 0 Å². The van der Waals surface area contributed by atoms with Crippen molar-refractivity contribution in [1.29, 1.82) is 0 Å². The maximum atomic E-state index is 5.32. The van der Waals surface area contributed by atoms with Crippen LogP contribution in [0.1, 0.15) is 6.42 Å². The van der Waals surface area contributed by atoms with Gasteiger partial charge in [-0.1, -0.05) is 6.58 Å². The van der Waals surface area contributed by atoms with Gasteiger partial charge in [-0.15, -0.1) is 0 Å². The highest BCUT2D eigenvalue weighted by atomic mass is 16.7. The molecule has 2 N–H and O–H groups in total. The zero-order valence-corrected chi connectivity index (χ0v) is 6.05. The highest BCUT2D eigenvalue weighted by Gasteiger charge is 1.93. The summed E-state index contributed by atoms with van der Waals surface area (Å²) in [6.07, 6.45) is 0.782. The summed E-state index contributed by atoms with van der Waals surface area (Å²) in [5.41, 5.74) is 6.01. The molecule has 0 amide bonds. The van der Waals surface area contributed by atoms with Crippen molar-refractivity contribution in [2.45, 2.75) is 6.42 Å². The van der Waals surface area contributed by atoms with E-state index in [-0.39, 0.29) is 0 Å². The first-order valence-electron chi connectivity index (χ1n) is 2.85. The van der Waals surface area contributed by atoms with E-state index in [9.17, 15) is 0 Å². The lowest BCUT2D eigenvalue weighted by molar-refractivity contribution is -0.107. The van der Waals surface area contributed by atoms with Crippen molar-refractivity contribution in [2.24, 2.45) is 5.73 Å². The van der Waals surface area contributed by atoms with Gasteiger partial charge in [0.25, 0.3) is 0 Å². The maximum absolute atomic E-state index is 5.32. The third-order valence-corrected chi connectivity index (χ3v) is 1.06. The summed E-state index contributed by atoms with van der Waals surface area (Å²) < 4.78 is 0. The van der Waals surface area contributed by atoms with Crippen molar-refractivity contribution in [3.05, 3.63) is 12.3 Å². The smallest absolute Gasteiger partial charge is 0.0575 e. The SMILES string of the molecule is C=C(N)CCN(C)OC. The van der Waals surface area contributed by atoms with Crippen LogP contribution in [-0.2, 0) is 4.84 Å². The maximum Gasteiger partial charge on any atom is 0.0575 e. The van der Waals surface area contributed by atoms with Gasteiger partial charge in [-0.2, -0.15) is 5.06 Å². The lowest BCUT2D eigenvalue weighted by Crippen LogP contribution is -2.19. The molecule has 0 aromatic carbocycles. The van der Waals surface area contributed by atoms with Crippen molar-refractivity contribution in [3.8, 4) is 0 Å². The Morgan fingerprint density at radius 1 is 1.78 bits per heavy atom. The van der Waals surface area contributed by atoms with Gasteiger partial charge in [-0.05, 0) is 0 Å². The predicted octanol–water partition coefficient (Wildman–Crippen LogP) is 0.342. The molecule has 0 aliphatic heterocycles. The monoisotopic (exact) mass is 130 g/mol. The van der Waals surface area contributed by atoms with Gasteiger partial charge in [0.1, 0.15) is 0 Å². The van der Waals surface area contributed by atoms with Crippen molar-refractivity contribution in [2.75, 3.05) is 20.7 Å².